The maximum absolute atomic E-state index is 12.2. The lowest BCUT2D eigenvalue weighted by Crippen LogP contribution is -2.47. The predicted molar refractivity (Wildman–Crippen MR) is 70.9 cm³/mol. The van der Waals surface area contributed by atoms with Crippen LogP contribution in [0.1, 0.15) is 31.1 Å². The highest BCUT2D eigenvalue weighted by Gasteiger charge is 2.27. The number of hydrogen-bond acceptors (Lipinski definition) is 3. The summed E-state index contributed by atoms with van der Waals surface area (Å²) in [6, 6.07) is 7.02. The molecule has 1 aromatic carbocycles. The van der Waals surface area contributed by atoms with E-state index in [0.717, 1.165) is 5.75 Å². The largest absolute Gasteiger partial charge is 0.494 e. The first-order valence-electron chi connectivity index (χ1n) is 6.04. The lowest BCUT2D eigenvalue weighted by Gasteiger charge is -2.34. The molecule has 0 heterocycles. The zero-order valence-corrected chi connectivity index (χ0v) is 11.4. The van der Waals surface area contributed by atoms with Gasteiger partial charge in [-0.25, -0.2) is 0 Å². The van der Waals surface area contributed by atoms with E-state index in [-0.39, 0.29) is 12.5 Å². The van der Waals surface area contributed by atoms with E-state index in [9.17, 15) is 9.90 Å². The lowest BCUT2D eigenvalue weighted by molar-refractivity contribution is 0.0473. The number of carbonyl (C=O) groups excluding carboxylic acids is 1. The summed E-state index contributed by atoms with van der Waals surface area (Å²) < 4.78 is 5.32. The number of aliphatic hydroxyl groups is 1. The van der Waals surface area contributed by atoms with Gasteiger partial charge in [0, 0.05) is 12.6 Å². The van der Waals surface area contributed by atoms with Crippen molar-refractivity contribution in [1.29, 1.82) is 0 Å². The average Bonchev–Trinajstić information content (AvgIpc) is 2.38. The highest BCUT2D eigenvalue weighted by Crippen LogP contribution is 2.17. The van der Waals surface area contributed by atoms with Gasteiger partial charge >= 0.3 is 0 Å². The fourth-order valence-electron chi connectivity index (χ4n) is 1.44. The summed E-state index contributed by atoms with van der Waals surface area (Å²) in [5.74, 6) is 0.634. The summed E-state index contributed by atoms with van der Waals surface area (Å²) in [5, 5.41) is 9.26. The predicted octanol–water partition coefficient (Wildman–Crippen LogP) is 1.93. The van der Waals surface area contributed by atoms with Crippen LogP contribution in [0.5, 0.6) is 5.75 Å². The Hall–Kier alpha value is -1.55. The normalized spacial score (nSPS) is 11.2. The highest BCUT2D eigenvalue weighted by molar-refractivity contribution is 5.94. The van der Waals surface area contributed by atoms with Crippen molar-refractivity contribution in [1.82, 2.24) is 4.90 Å². The van der Waals surface area contributed by atoms with Gasteiger partial charge < -0.3 is 14.7 Å². The van der Waals surface area contributed by atoms with Crippen molar-refractivity contribution in [3.63, 3.8) is 0 Å². The van der Waals surface area contributed by atoms with Gasteiger partial charge in [0.05, 0.1) is 18.8 Å². The van der Waals surface area contributed by atoms with E-state index in [1.165, 1.54) is 0 Å². The zero-order valence-electron chi connectivity index (χ0n) is 11.4. The van der Waals surface area contributed by atoms with Gasteiger partial charge in [-0.2, -0.15) is 0 Å². The molecule has 4 heteroatoms. The van der Waals surface area contributed by atoms with Crippen LogP contribution in [0.2, 0.25) is 0 Å². The molecule has 1 amide bonds. The van der Waals surface area contributed by atoms with Gasteiger partial charge in [0.25, 0.3) is 5.91 Å². The third kappa shape index (κ3) is 3.23. The van der Waals surface area contributed by atoms with Crippen molar-refractivity contribution in [2.24, 2.45) is 0 Å². The van der Waals surface area contributed by atoms with Crippen LogP contribution in [-0.2, 0) is 0 Å². The minimum atomic E-state index is -0.574. The second-order valence-electron chi connectivity index (χ2n) is 4.79. The molecule has 1 aromatic rings. The standard InChI is InChI=1S/C14H21NO3/c1-5-18-12-8-6-11(7-9-12)13(17)15(4)14(2,3)10-16/h6-9,16H,5,10H2,1-4H3. The van der Waals surface area contributed by atoms with Gasteiger partial charge in [0.1, 0.15) is 5.75 Å². The number of nitrogens with zero attached hydrogens (tertiary/aromatic N) is 1. The Morgan fingerprint density at radius 2 is 1.89 bits per heavy atom. The highest BCUT2D eigenvalue weighted by atomic mass is 16.5. The summed E-state index contributed by atoms with van der Waals surface area (Å²) in [6.45, 7) is 6.08. The van der Waals surface area contributed by atoms with Crippen LogP contribution in [0.25, 0.3) is 0 Å². The van der Waals surface area contributed by atoms with Crippen molar-refractivity contribution in [3.05, 3.63) is 29.8 Å². The van der Waals surface area contributed by atoms with Crippen LogP contribution < -0.4 is 4.74 Å². The molecule has 0 radical (unpaired) electrons. The molecule has 0 spiro atoms. The molecule has 0 saturated heterocycles. The maximum Gasteiger partial charge on any atom is 0.254 e. The fourth-order valence-corrected chi connectivity index (χ4v) is 1.44. The third-order valence-electron chi connectivity index (χ3n) is 3.01. The van der Waals surface area contributed by atoms with E-state index in [1.54, 1.807) is 36.2 Å². The van der Waals surface area contributed by atoms with Crippen LogP contribution in [0.15, 0.2) is 24.3 Å². The first-order chi connectivity index (χ1) is 8.42. The second kappa shape index (κ2) is 5.87. The number of rotatable bonds is 5. The number of amides is 1. The van der Waals surface area contributed by atoms with Crippen LogP contribution in [-0.4, -0.2) is 41.7 Å². The van der Waals surface area contributed by atoms with Crippen LogP contribution in [0.3, 0.4) is 0 Å². The van der Waals surface area contributed by atoms with Gasteiger partial charge in [-0.1, -0.05) is 0 Å². The number of carbonyl (C=O) groups is 1. The second-order valence-corrected chi connectivity index (χ2v) is 4.79. The Labute approximate surface area is 108 Å². The van der Waals surface area contributed by atoms with Crippen molar-refractivity contribution in [3.8, 4) is 5.75 Å². The van der Waals surface area contributed by atoms with Crippen molar-refractivity contribution < 1.29 is 14.6 Å². The Kier molecular flexibility index (Phi) is 4.73. The number of likely N-dealkylation sites (N-methyl/N-ethyl adjacent to an activating group) is 1. The quantitative estimate of drug-likeness (QED) is 0.870. The number of benzene rings is 1. The molecule has 1 N–H and O–H groups in total. The molecule has 0 aliphatic carbocycles. The molecule has 1 rings (SSSR count). The first kappa shape index (κ1) is 14.5. The molecule has 0 fully saturated rings. The van der Waals surface area contributed by atoms with E-state index >= 15 is 0 Å². The molecule has 100 valence electrons. The summed E-state index contributed by atoms with van der Waals surface area (Å²) in [4.78, 5) is 13.7. The fraction of sp³-hybridized carbons (Fsp3) is 0.500. The zero-order chi connectivity index (χ0) is 13.8. The van der Waals surface area contributed by atoms with Crippen molar-refractivity contribution in [2.45, 2.75) is 26.3 Å². The minimum absolute atomic E-state index is 0.0771. The molecule has 0 aliphatic heterocycles. The van der Waals surface area contributed by atoms with Gasteiger partial charge in [-0.15, -0.1) is 0 Å². The number of ether oxygens (including phenoxy) is 1. The smallest absolute Gasteiger partial charge is 0.254 e. The monoisotopic (exact) mass is 251 g/mol. The van der Waals surface area contributed by atoms with E-state index in [2.05, 4.69) is 0 Å². The number of aliphatic hydroxyl groups excluding tert-OH is 1. The van der Waals surface area contributed by atoms with Gasteiger partial charge in [0.2, 0.25) is 0 Å². The molecular weight excluding hydrogens is 230 g/mol. The molecule has 0 aliphatic rings. The maximum atomic E-state index is 12.2. The molecule has 0 bridgehead atoms. The van der Waals surface area contributed by atoms with E-state index < -0.39 is 5.54 Å². The van der Waals surface area contributed by atoms with Gasteiger partial charge in [0.15, 0.2) is 0 Å². The Bertz CT molecular complexity index is 398. The molecule has 0 atom stereocenters. The Balaban J connectivity index is 2.84. The average molecular weight is 251 g/mol. The SMILES string of the molecule is CCOc1ccc(C(=O)N(C)C(C)(C)CO)cc1. The summed E-state index contributed by atoms with van der Waals surface area (Å²) in [7, 11) is 1.69. The van der Waals surface area contributed by atoms with Gasteiger partial charge in [-0.05, 0) is 45.0 Å². The molecule has 18 heavy (non-hydrogen) atoms. The molecule has 4 nitrogen and oxygen atoms in total. The molecular formula is C14H21NO3. The first-order valence-corrected chi connectivity index (χ1v) is 6.04. The number of hydrogen-bond donors (Lipinski definition) is 1. The summed E-state index contributed by atoms with van der Waals surface area (Å²) in [5.41, 5.74) is 0.0119. The van der Waals surface area contributed by atoms with Crippen molar-refractivity contribution in [2.75, 3.05) is 20.3 Å². The molecule has 0 aromatic heterocycles. The van der Waals surface area contributed by atoms with Crippen LogP contribution in [0.4, 0.5) is 0 Å². The summed E-state index contributed by atoms with van der Waals surface area (Å²) >= 11 is 0. The topological polar surface area (TPSA) is 49.8 Å². The van der Waals surface area contributed by atoms with Gasteiger partial charge in [-0.3, -0.25) is 4.79 Å². The van der Waals surface area contributed by atoms with E-state index in [4.69, 9.17) is 4.74 Å². The molecule has 0 unspecified atom stereocenters. The Morgan fingerprint density at radius 1 is 1.33 bits per heavy atom. The van der Waals surface area contributed by atoms with Crippen LogP contribution in [0, 0.1) is 0 Å². The molecule has 0 saturated carbocycles. The third-order valence-corrected chi connectivity index (χ3v) is 3.01. The summed E-state index contributed by atoms with van der Waals surface area (Å²) in [6.07, 6.45) is 0. The Morgan fingerprint density at radius 3 is 2.33 bits per heavy atom. The van der Waals surface area contributed by atoms with E-state index in [1.807, 2.05) is 20.8 Å². The lowest BCUT2D eigenvalue weighted by atomic mass is 10.0. The minimum Gasteiger partial charge on any atom is -0.494 e. The van der Waals surface area contributed by atoms with E-state index in [0.29, 0.717) is 12.2 Å². The van der Waals surface area contributed by atoms with Crippen LogP contribution >= 0.6 is 0 Å². The van der Waals surface area contributed by atoms with Crippen molar-refractivity contribution >= 4 is 5.91 Å².